The van der Waals surface area contributed by atoms with Crippen LogP contribution in [0.2, 0.25) is 5.02 Å². The zero-order valence-corrected chi connectivity index (χ0v) is 20.0. The minimum Gasteiger partial charge on any atom is -0.335 e. The van der Waals surface area contributed by atoms with E-state index in [-0.39, 0.29) is 5.91 Å². The maximum atomic E-state index is 13.1. The molecule has 1 amide bonds. The van der Waals surface area contributed by atoms with Crippen molar-refractivity contribution in [1.82, 2.24) is 24.3 Å². The first-order valence-corrected chi connectivity index (χ1v) is 12.5. The quantitative estimate of drug-likeness (QED) is 0.402. The summed E-state index contributed by atoms with van der Waals surface area (Å²) in [5.41, 5.74) is 2.94. The summed E-state index contributed by atoms with van der Waals surface area (Å²) in [7, 11) is 0. The van der Waals surface area contributed by atoms with Crippen LogP contribution >= 0.6 is 34.3 Å². The van der Waals surface area contributed by atoms with Crippen LogP contribution in [0.1, 0.15) is 21.1 Å². The van der Waals surface area contributed by atoms with Gasteiger partial charge in [-0.15, -0.1) is 11.3 Å². The Bertz CT molecular complexity index is 1210. The Morgan fingerprint density at radius 3 is 2.50 bits per heavy atom. The van der Waals surface area contributed by atoms with Gasteiger partial charge in [0.15, 0.2) is 5.13 Å². The first-order chi connectivity index (χ1) is 15.6. The highest BCUT2D eigenvalue weighted by atomic mass is 35.5. The third-order valence-corrected chi connectivity index (χ3v) is 7.84. The van der Waals surface area contributed by atoms with Crippen molar-refractivity contribution in [1.29, 1.82) is 0 Å². The van der Waals surface area contributed by atoms with Crippen molar-refractivity contribution in [3.63, 3.8) is 0 Å². The number of thiazole rings is 2. The van der Waals surface area contributed by atoms with Gasteiger partial charge in [-0.25, -0.2) is 9.97 Å². The molecule has 1 aliphatic heterocycles. The molecule has 0 spiro atoms. The molecular formula is C23H22ClN5OS2. The van der Waals surface area contributed by atoms with E-state index in [2.05, 4.69) is 15.3 Å². The number of hydrogen-bond donors (Lipinski definition) is 0. The fraction of sp³-hybridized carbons (Fsp3) is 0.261. The molecule has 3 aromatic heterocycles. The van der Waals surface area contributed by atoms with E-state index in [0.29, 0.717) is 13.1 Å². The number of hydrogen-bond acceptors (Lipinski definition) is 6. The second-order valence-corrected chi connectivity index (χ2v) is 9.99. The standard InChI is InChI=1S/C23H22ClN5OS2/c1-16-20(32-23(25-16)29-8-2-3-9-29)22(30)28-12-10-27(11-13-28)14-19-15-31-21(26-19)17-4-6-18(24)7-5-17/h2-9,15H,10-14H2,1H3. The van der Waals surface area contributed by atoms with Crippen LogP contribution in [0, 0.1) is 6.92 Å². The largest absolute Gasteiger partial charge is 0.335 e. The molecule has 5 rings (SSSR count). The molecule has 0 unspecified atom stereocenters. The first-order valence-electron chi connectivity index (χ1n) is 10.4. The SMILES string of the molecule is Cc1nc(-n2cccc2)sc1C(=O)N1CCN(Cc2csc(-c3ccc(Cl)cc3)n2)CC1. The zero-order valence-electron chi connectivity index (χ0n) is 17.6. The van der Waals surface area contributed by atoms with E-state index in [9.17, 15) is 4.79 Å². The Labute approximate surface area is 199 Å². The number of nitrogens with zero attached hydrogens (tertiary/aromatic N) is 5. The Morgan fingerprint density at radius 2 is 1.78 bits per heavy atom. The molecule has 1 aliphatic rings. The van der Waals surface area contributed by atoms with Crippen LogP contribution in [0.5, 0.6) is 0 Å². The Kier molecular flexibility index (Phi) is 6.10. The topological polar surface area (TPSA) is 54.3 Å². The van der Waals surface area contributed by atoms with Crippen molar-refractivity contribution in [2.24, 2.45) is 0 Å². The molecular weight excluding hydrogens is 462 g/mol. The van der Waals surface area contributed by atoms with Gasteiger partial charge < -0.3 is 9.47 Å². The summed E-state index contributed by atoms with van der Waals surface area (Å²) in [6, 6.07) is 11.7. The summed E-state index contributed by atoms with van der Waals surface area (Å²) >= 11 is 9.09. The van der Waals surface area contributed by atoms with Crippen molar-refractivity contribution < 1.29 is 4.79 Å². The van der Waals surface area contributed by atoms with Gasteiger partial charge in [0.2, 0.25) is 0 Å². The van der Waals surface area contributed by atoms with Crippen LogP contribution in [-0.2, 0) is 6.54 Å². The molecule has 0 aliphatic carbocycles. The van der Waals surface area contributed by atoms with Crippen molar-refractivity contribution in [3.05, 3.63) is 75.5 Å². The monoisotopic (exact) mass is 483 g/mol. The highest BCUT2D eigenvalue weighted by Crippen LogP contribution is 2.27. The van der Waals surface area contributed by atoms with Crippen LogP contribution in [-0.4, -0.2) is 56.4 Å². The molecule has 4 aromatic rings. The van der Waals surface area contributed by atoms with E-state index < -0.39 is 0 Å². The van der Waals surface area contributed by atoms with Crippen molar-refractivity contribution in [3.8, 4) is 15.7 Å². The van der Waals surface area contributed by atoms with E-state index in [1.165, 1.54) is 11.3 Å². The average molecular weight is 484 g/mol. The van der Waals surface area contributed by atoms with Gasteiger partial charge in [-0.3, -0.25) is 9.69 Å². The fourth-order valence-corrected chi connectivity index (χ4v) is 5.68. The zero-order chi connectivity index (χ0) is 22.1. The van der Waals surface area contributed by atoms with Gasteiger partial charge >= 0.3 is 0 Å². The van der Waals surface area contributed by atoms with Crippen LogP contribution in [0.25, 0.3) is 15.7 Å². The number of rotatable bonds is 5. The number of halogens is 1. The Morgan fingerprint density at radius 1 is 1.06 bits per heavy atom. The predicted molar refractivity (Wildman–Crippen MR) is 130 cm³/mol. The molecule has 0 radical (unpaired) electrons. The van der Waals surface area contributed by atoms with E-state index in [1.807, 2.05) is 65.2 Å². The molecule has 1 saturated heterocycles. The lowest BCUT2D eigenvalue weighted by atomic mass is 10.2. The molecule has 0 saturated carbocycles. The minimum absolute atomic E-state index is 0.0803. The van der Waals surface area contributed by atoms with Gasteiger partial charge in [-0.2, -0.15) is 0 Å². The normalized spacial score (nSPS) is 14.8. The number of aromatic nitrogens is 3. The molecule has 1 fully saturated rings. The number of carbonyl (C=O) groups is 1. The highest BCUT2D eigenvalue weighted by molar-refractivity contribution is 7.16. The smallest absolute Gasteiger partial charge is 0.266 e. The van der Waals surface area contributed by atoms with Crippen LogP contribution in [0.15, 0.2) is 54.2 Å². The molecule has 0 bridgehead atoms. The van der Waals surface area contributed by atoms with E-state index in [1.54, 1.807) is 11.3 Å². The van der Waals surface area contributed by atoms with Crippen molar-refractivity contribution in [2.45, 2.75) is 13.5 Å². The lowest BCUT2D eigenvalue weighted by Gasteiger charge is -2.34. The van der Waals surface area contributed by atoms with E-state index in [0.717, 1.165) is 56.6 Å². The van der Waals surface area contributed by atoms with Crippen molar-refractivity contribution in [2.75, 3.05) is 26.2 Å². The molecule has 9 heteroatoms. The van der Waals surface area contributed by atoms with Gasteiger partial charge in [0.1, 0.15) is 9.88 Å². The minimum atomic E-state index is 0.0803. The van der Waals surface area contributed by atoms with Gasteiger partial charge in [0.05, 0.1) is 11.4 Å². The summed E-state index contributed by atoms with van der Waals surface area (Å²) in [5.74, 6) is 0.0803. The van der Waals surface area contributed by atoms with Gasteiger partial charge in [-0.1, -0.05) is 35.1 Å². The highest BCUT2D eigenvalue weighted by Gasteiger charge is 2.26. The third-order valence-electron chi connectivity index (χ3n) is 5.49. The number of amides is 1. The molecule has 4 heterocycles. The van der Waals surface area contributed by atoms with Gasteiger partial charge in [0.25, 0.3) is 5.91 Å². The second kappa shape index (κ2) is 9.15. The lowest BCUT2D eigenvalue weighted by molar-refractivity contribution is 0.0631. The maximum absolute atomic E-state index is 13.1. The van der Waals surface area contributed by atoms with Crippen LogP contribution in [0.4, 0.5) is 0 Å². The molecule has 32 heavy (non-hydrogen) atoms. The fourth-order valence-electron chi connectivity index (χ4n) is 3.74. The Hall–Kier alpha value is -2.52. The second-order valence-electron chi connectivity index (χ2n) is 7.72. The number of piperazine rings is 1. The average Bonchev–Trinajstić information content (AvgIpc) is 3.55. The number of aryl methyl sites for hydroxylation is 1. The van der Waals surface area contributed by atoms with Gasteiger partial charge in [0, 0.05) is 61.1 Å². The molecule has 0 N–H and O–H groups in total. The first kappa shape index (κ1) is 21.3. The molecule has 164 valence electrons. The third kappa shape index (κ3) is 4.49. The van der Waals surface area contributed by atoms with E-state index >= 15 is 0 Å². The molecule has 1 aromatic carbocycles. The van der Waals surface area contributed by atoms with Crippen LogP contribution in [0.3, 0.4) is 0 Å². The summed E-state index contributed by atoms with van der Waals surface area (Å²) in [6.07, 6.45) is 3.89. The molecule has 0 atom stereocenters. The van der Waals surface area contributed by atoms with Crippen LogP contribution < -0.4 is 0 Å². The maximum Gasteiger partial charge on any atom is 0.266 e. The summed E-state index contributed by atoms with van der Waals surface area (Å²) in [4.78, 5) is 27.5. The van der Waals surface area contributed by atoms with Gasteiger partial charge in [-0.05, 0) is 31.2 Å². The summed E-state index contributed by atoms with van der Waals surface area (Å²) < 4.78 is 1.94. The number of benzene rings is 1. The molecule has 6 nitrogen and oxygen atoms in total. The van der Waals surface area contributed by atoms with Crippen molar-refractivity contribution >= 4 is 40.2 Å². The predicted octanol–water partition coefficient (Wildman–Crippen LogP) is 4.98. The summed E-state index contributed by atoms with van der Waals surface area (Å²) in [5, 5.41) is 4.68. The Balaban J connectivity index is 1.19. The summed E-state index contributed by atoms with van der Waals surface area (Å²) in [6.45, 7) is 5.80. The lowest BCUT2D eigenvalue weighted by Crippen LogP contribution is -2.48. The van der Waals surface area contributed by atoms with E-state index in [4.69, 9.17) is 16.6 Å². The number of carbonyl (C=O) groups excluding carboxylic acids is 1.